The van der Waals surface area contributed by atoms with Crippen LogP contribution in [0.3, 0.4) is 0 Å². The molecule has 10 nitrogen and oxygen atoms in total. The van der Waals surface area contributed by atoms with Crippen molar-refractivity contribution >= 4 is 17.9 Å². The molecule has 0 amide bonds. The molecule has 0 aliphatic rings. The van der Waals surface area contributed by atoms with Crippen molar-refractivity contribution in [3.8, 4) is 0 Å². The van der Waals surface area contributed by atoms with E-state index >= 15 is 0 Å². The van der Waals surface area contributed by atoms with E-state index in [9.17, 15) is 29.7 Å². The number of aliphatic hydroxyl groups excluding tert-OH is 1. The number of hydrogen-bond acceptors (Lipinski definition) is 10. The van der Waals surface area contributed by atoms with Crippen LogP contribution in [0.1, 0.15) is 33.6 Å². The third kappa shape index (κ3) is 9.97. The molecule has 0 aliphatic carbocycles. The summed E-state index contributed by atoms with van der Waals surface area (Å²) in [7, 11) is 0. The van der Waals surface area contributed by atoms with Gasteiger partial charge in [0.2, 0.25) is 0 Å². The van der Waals surface area contributed by atoms with Crippen molar-refractivity contribution in [1.29, 1.82) is 0 Å². The zero-order valence-corrected chi connectivity index (χ0v) is 14.4. The van der Waals surface area contributed by atoms with Crippen molar-refractivity contribution in [3.63, 3.8) is 0 Å². The lowest BCUT2D eigenvalue weighted by molar-refractivity contribution is -0.333. The number of rotatable bonds is 13. The minimum Gasteiger partial charge on any atom is -0.550 e. The SMILES string of the molecule is CC(CO)OCC(C)OCC(C)OC(=O)CC(O)(CC(=O)[O-])C(=O)[O-]. The van der Waals surface area contributed by atoms with Gasteiger partial charge in [-0.15, -0.1) is 0 Å². The first kappa shape index (κ1) is 23.2. The molecule has 4 unspecified atom stereocenters. The van der Waals surface area contributed by atoms with Gasteiger partial charge in [-0.25, -0.2) is 0 Å². The summed E-state index contributed by atoms with van der Waals surface area (Å²) in [5.41, 5.74) is -2.90. The van der Waals surface area contributed by atoms with E-state index in [-0.39, 0.29) is 32.0 Å². The smallest absolute Gasteiger partial charge is 0.309 e. The number of carboxylic acids is 2. The maximum atomic E-state index is 11.7. The van der Waals surface area contributed by atoms with Crippen molar-refractivity contribution in [2.45, 2.75) is 57.5 Å². The molecule has 0 saturated carbocycles. The molecule has 0 fully saturated rings. The standard InChI is InChI=1S/C15H26O10/c1-9(6-16)23-7-10(2)24-8-11(3)25-13(19)5-15(22,14(20)21)4-12(17)18/h9-11,16,22H,4-8H2,1-3H3,(H,17,18)(H,20,21)/p-2. The minimum absolute atomic E-state index is 0.0337. The molecule has 0 aromatic rings. The molecule has 0 heterocycles. The molecular formula is C15H24O10-2. The summed E-state index contributed by atoms with van der Waals surface area (Å²) < 4.78 is 15.5. The zero-order chi connectivity index (χ0) is 19.6. The number of aliphatic hydroxyl groups is 2. The lowest BCUT2D eigenvalue weighted by atomic mass is 9.96. The van der Waals surface area contributed by atoms with Gasteiger partial charge in [0.1, 0.15) is 11.7 Å². The molecule has 2 N–H and O–H groups in total. The van der Waals surface area contributed by atoms with Crippen LogP contribution >= 0.6 is 0 Å². The molecule has 0 aliphatic heterocycles. The Morgan fingerprint density at radius 2 is 1.48 bits per heavy atom. The summed E-state index contributed by atoms with van der Waals surface area (Å²) in [6, 6.07) is 0. The normalized spacial score (nSPS) is 17.2. The van der Waals surface area contributed by atoms with Crippen LogP contribution in [-0.4, -0.2) is 71.9 Å². The Kier molecular flexibility index (Phi) is 10.2. The molecule has 0 aromatic carbocycles. The summed E-state index contributed by atoms with van der Waals surface area (Å²) in [4.78, 5) is 33.0. The summed E-state index contributed by atoms with van der Waals surface area (Å²) in [6.45, 7) is 4.90. The molecule has 0 spiro atoms. The highest BCUT2D eigenvalue weighted by Gasteiger charge is 2.33. The van der Waals surface area contributed by atoms with E-state index in [1.165, 1.54) is 6.92 Å². The molecule has 0 aromatic heterocycles. The number of carboxylic acid groups (broad SMARTS) is 2. The van der Waals surface area contributed by atoms with Crippen LogP contribution in [0.5, 0.6) is 0 Å². The first-order valence-corrected chi connectivity index (χ1v) is 7.67. The minimum atomic E-state index is -2.90. The van der Waals surface area contributed by atoms with Gasteiger partial charge >= 0.3 is 5.97 Å². The molecule has 25 heavy (non-hydrogen) atoms. The maximum Gasteiger partial charge on any atom is 0.309 e. The van der Waals surface area contributed by atoms with Crippen molar-refractivity contribution in [1.82, 2.24) is 0 Å². The number of aliphatic carboxylic acids is 2. The van der Waals surface area contributed by atoms with E-state index in [2.05, 4.69) is 0 Å². The van der Waals surface area contributed by atoms with Gasteiger partial charge in [-0.05, 0) is 20.8 Å². The third-order valence-corrected chi connectivity index (χ3v) is 3.07. The maximum absolute atomic E-state index is 11.7. The van der Waals surface area contributed by atoms with Gasteiger partial charge in [0.25, 0.3) is 0 Å². The van der Waals surface area contributed by atoms with Crippen LogP contribution in [0.25, 0.3) is 0 Å². The van der Waals surface area contributed by atoms with Gasteiger partial charge in [-0.2, -0.15) is 0 Å². The van der Waals surface area contributed by atoms with E-state index in [1.807, 2.05) is 0 Å². The van der Waals surface area contributed by atoms with E-state index in [0.717, 1.165) is 0 Å². The molecule has 146 valence electrons. The van der Waals surface area contributed by atoms with Crippen LogP contribution in [0, 0.1) is 0 Å². The fourth-order valence-electron chi connectivity index (χ4n) is 1.68. The van der Waals surface area contributed by atoms with Crippen LogP contribution < -0.4 is 10.2 Å². The van der Waals surface area contributed by atoms with Gasteiger partial charge < -0.3 is 44.2 Å². The second kappa shape index (κ2) is 11.0. The Labute approximate surface area is 145 Å². The highest BCUT2D eigenvalue weighted by atomic mass is 16.6. The highest BCUT2D eigenvalue weighted by Crippen LogP contribution is 2.16. The monoisotopic (exact) mass is 364 g/mol. The molecule has 10 heteroatoms. The zero-order valence-electron chi connectivity index (χ0n) is 14.4. The number of hydrogen-bond donors (Lipinski definition) is 2. The van der Waals surface area contributed by atoms with E-state index < -0.39 is 42.5 Å². The fraction of sp³-hybridized carbons (Fsp3) is 0.800. The van der Waals surface area contributed by atoms with E-state index in [1.54, 1.807) is 13.8 Å². The predicted molar refractivity (Wildman–Crippen MR) is 77.7 cm³/mol. The second-order valence-corrected chi connectivity index (χ2v) is 5.82. The lowest BCUT2D eigenvalue weighted by Crippen LogP contribution is -2.53. The quantitative estimate of drug-likeness (QED) is 0.317. The topological polar surface area (TPSA) is 165 Å². The molecular weight excluding hydrogens is 340 g/mol. The Bertz CT molecular complexity index is 452. The van der Waals surface area contributed by atoms with Gasteiger partial charge in [0.15, 0.2) is 0 Å². The van der Waals surface area contributed by atoms with Crippen LogP contribution in [0.2, 0.25) is 0 Å². The van der Waals surface area contributed by atoms with Crippen molar-refractivity contribution in [2.24, 2.45) is 0 Å². The summed E-state index contributed by atoms with van der Waals surface area (Å²) in [6.07, 6.45) is -3.87. The Balaban J connectivity index is 4.32. The molecule has 0 radical (unpaired) electrons. The Hall–Kier alpha value is -1.75. The van der Waals surface area contributed by atoms with E-state index in [0.29, 0.717) is 0 Å². The predicted octanol–water partition coefficient (Wildman–Crippen LogP) is -3.27. The highest BCUT2D eigenvalue weighted by molar-refractivity contribution is 5.87. The first-order valence-electron chi connectivity index (χ1n) is 7.67. The van der Waals surface area contributed by atoms with Crippen molar-refractivity contribution in [3.05, 3.63) is 0 Å². The van der Waals surface area contributed by atoms with Crippen LogP contribution in [0.4, 0.5) is 0 Å². The van der Waals surface area contributed by atoms with E-state index in [4.69, 9.17) is 19.3 Å². The average molecular weight is 364 g/mol. The lowest BCUT2D eigenvalue weighted by Gasteiger charge is -2.29. The first-order chi connectivity index (χ1) is 11.5. The Morgan fingerprint density at radius 3 is 1.96 bits per heavy atom. The van der Waals surface area contributed by atoms with Gasteiger partial charge in [-0.1, -0.05) is 0 Å². The van der Waals surface area contributed by atoms with Gasteiger partial charge in [-0.3, -0.25) is 4.79 Å². The second-order valence-electron chi connectivity index (χ2n) is 5.82. The number of esters is 1. The van der Waals surface area contributed by atoms with Crippen molar-refractivity contribution in [2.75, 3.05) is 19.8 Å². The Morgan fingerprint density at radius 1 is 0.960 bits per heavy atom. The largest absolute Gasteiger partial charge is 0.550 e. The molecule has 0 saturated heterocycles. The van der Waals surface area contributed by atoms with Gasteiger partial charge in [0, 0.05) is 12.4 Å². The summed E-state index contributed by atoms with van der Waals surface area (Å²) >= 11 is 0. The summed E-state index contributed by atoms with van der Waals surface area (Å²) in [5.74, 6) is -5.08. The molecule has 0 bridgehead atoms. The number of carbonyl (C=O) groups excluding carboxylic acids is 3. The van der Waals surface area contributed by atoms with Crippen molar-refractivity contribution < 1.29 is 49.0 Å². The molecule has 0 rings (SSSR count). The number of ether oxygens (including phenoxy) is 3. The third-order valence-electron chi connectivity index (χ3n) is 3.07. The fourth-order valence-corrected chi connectivity index (χ4v) is 1.68. The average Bonchev–Trinajstić information content (AvgIpc) is 2.49. The van der Waals surface area contributed by atoms with Crippen LogP contribution in [-0.2, 0) is 28.6 Å². The number of carbonyl (C=O) groups is 3. The summed E-state index contributed by atoms with van der Waals surface area (Å²) in [5, 5.41) is 39.8. The van der Waals surface area contributed by atoms with Gasteiger partial charge in [0.05, 0.1) is 44.4 Å². The molecule has 4 atom stereocenters. The van der Waals surface area contributed by atoms with Crippen LogP contribution in [0.15, 0.2) is 0 Å².